The molecule has 0 spiro atoms. The summed E-state index contributed by atoms with van der Waals surface area (Å²) in [5.74, 6) is 0. The predicted octanol–water partition coefficient (Wildman–Crippen LogP) is 3.88. The summed E-state index contributed by atoms with van der Waals surface area (Å²) in [7, 11) is 0. The summed E-state index contributed by atoms with van der Waals surface area (Å²) in [4.78, 5) is 9.52. The molecule has 2 aromatic rings. The molecular weight excluding hydrogens is 220 g/mol. The second-order valence-corrected chi connectivity index (χ2v) is 4.63. The lowest BCUT2D eigenvalue weighted by Gasteiger charge is -2.12. The first-order valence-corrected chi connectivity index (χ1v) is 7.04. The zero-order valence-electron chi connectivity index (χ0n) is 11.9. The summed E-state index contributed by atoms with van der Waals surface area (Å²) >= 11 is 0. The van der Waals surface area contributed by atoms with Crippen molar-refractivity contribution in [3.63, 3.8) is 0 Å². The van der Waals surface area contributed by atoms with Gasteiger partial charge in [0.05, 0.1) is 11.4 Å². The number of rotatable bonds is 4. The van der Waals surface area contributed by atoms with E-state index in [1.165, 1.54) is 33.5 Å². The van der Waals surface area contributed by atoms with Crippen molar-refractivity contribution in [2.75, 3.05) is 0 Å². The zero-order valence-corrected chi connectivity index (χ0v) is 11.9. The monoisotopic (exact) mass is 242 g/mol. The normalized spacial score (nSPS) is 11.1. The molecule has 0 saturated heterocycles. The van der Waals surface area contributed by atoms with E-state index in [1.807, 2.05) is 0 Å². The van der Waals surface area contributed by atoms with Crippen LogP contribution in [0.4, 0.5) is 0 Å². The minimum atomic E-state index is 0.977. The van der Waals surface area contributed by atoms with Crippen LogP contribution in [0.15, 0.2) is 12.1 Å². The molecule has 96 valence electrons. The Bertz CT molecular complexity index is 512. The molecule has 0 unspecified atom stereocenters. The van der Waals surface area contributed by atoms with Gasteiger partial charge in [-0.3, -0.25) is 9.97 Å². The van der Waals surface area contributed by atoms with Crippen LogP contribution in [0.25, 0.3) is 10.8 Å². The molecule has 0 aromatic carbocycles. The summed E-state index contributed by atoms with van der Waals surface area (Å²) in [6, 6.07) is 4.46. The topological polar surface area (TPSA) is 25.8 Å². The quantitative estimate of drug-likeness (QED) is 0.813. The molecular formula is C16H22N2. The fraction of sp³-hybridized carbons (Fsp3) is 0.500. The lowest BCUT2D eigenvalue weighted by atomic mass is 10.0. The summed E-state index contributed by atoms with van der Waals surface area (Å²) < 4.78 is 0. The summed E-state index contributed by atoms with van der Waals surface area (Å²) in [6.45, 7) is 8.68. The Morgan fingerprint density at radius 1 is 0.722 bits per heavy atom. The number of pyridine rings is 2. The first-order valence-electron chi connectivity index (χ1n) is 7.04. The van der Waals surface area contributed by atoms with Crippen molar-refractivity contribution in [3.05, 3.63) is 34.9 Å². The van der Waals surface area contributed by atoms with Crippen LogP contribution in [0.5, 0.6) is 0 Å². The molecule has 2 aromatic heterocycles. The van der Waals surface area contributed by atoms with Crippen LogP contribution in [0, 0.1) is 0 Å². The maximum atomic E-state index is 4.76. The van der Waals surface area contributed by atoms with E-state index in [9.17, 15) is 0 Å². The molecule has 0 N–H and O–H groups in total. The van der Waals surface area contributed by atoms with Crippen LogP contribution in [-0.2, 0) is 25.7 Å². The van der Waals surface area contributed by atoms with Gasteiger partial charge in [-0.1, -0.05) is 27.7 Å². The van der Waals surface area contributed by atoms with Crippen LogP contribution in [0.1, 0.15) is 50.5 Å². The predicted molar refractivity (Wildman–Crippen MR) is 77.1 cm³/mol. The highest BCUT2D eigenvalue weighted by molar-refractivity contribution is 5.87. The Morgan fingerprint density at radius 3 is 1.50 bits per heavy atom. The fourth-order valence-electron chi connectivity index (χ4n) is 2.44. The van der Waals surface area contributed by atoms with Gasteiger partial charge in [-0.15, -0.1) is 0 Å². The average Bonchev–Trinajstić information content (AvgIpc) is 2.44. The smallest absolute Gasteiger partial charge is 0.0500 e. The molecule has 2 heterocycles. The van der Waals surface area contributed by atoms with Gasteiger partial charge in [-0.05, 0) is 43.2 Å². The van der Waals surface area contributed by atoms with Crippen molar-refractivity contribution in [1.29, 1.82) is 0 Å². The van der Waals surface area contributed by atoms with Crippen LogP contribution >= 0.6 is 0 Å². The van der Waals surface area contributed by atoms with E-state index in [4.69, 9.17) is 9.97 Å². The van der Waals surface area contributed by atoms with E-state index in [-0.39, 0.29) is 0 Å². The molecule has 0 aliphatic heterocycles. The van der Waals surface area contributed by atoms with Gasteiger partial charge in [0.25, 0.3) is 0 Å². The van der Waals surface area contributed by atoms with Crippen molar-refractivity contribution in [2.24, 2.45) is 0 Å². The van der Waals surface area contributed by atoms with E-state index in [0.717, 1.165) is 25.7 Å². The Kier molecular flexibility index (Phi) is 3.95. The maximum absolute atomic E-state index is 4.76. The lowest BCUT2D eigenvalue weighted by Crippen LogP contribution is -2.02. The minimum absolute atomic E-state index is 0.977. The Balaban J connectivity index is 2.80. The molecule has 2 rings (SSSR count). The third-order valence-corrected chi connectivity index (χ3v) is 3.46. The van der Waals surface area contributed by atoms with Gasteiger partial charge >= 0.3 is 0 Å². The number of hydrogen-bond donors (Lipinski definition) is 0. The van der Waals surface area contributed by atoms with Gasteiger partial charge in [-0.2, -0.15) is 0 Å². The fourth-order valence-corrected chi connectivity index (χ4v) is 2.44. The molecule has 0 saturated carbocycles. The van der Waals surface area contributed by atoms with Gasteiger partial charge in [0.1, 0.15) is 0 Å². The number of fused-ring (bicyclic) bond motifs is 1. The third kappa shape index (κ3) is 2.24. The van der Waals surface area contributed by atoms with Gasteiger partial charge < -0.3 is 0 Å². The average molecular weight is 242 g/mol. The van der Waals surface area contributed by atoms with Crippen molar-refractivity contribution < 1.29 is 0 Å². The minimum Gasteiger partial charge on any atom is -0.257 e. The second-order valence-electron chi connectivity index (χ2n) is 4.63. The maximum Gasteiger partial charge on any atom is 0.0500 e. The molecule has 0 fully saturated rings. The highest BCUT2D eigenvalue weighted by Crippen LogP contribution is 2.24. The van der Waals surface area contributed by atoms with Gasteiger partial charge in [0.15, 0.2) is 0 Å². The zero-order chi connectivity index (χ0) is 13.1. The Hall–Kier alpha value is -1.44. The lowest BCUT2D eigenvalue weighted by molar-refractivity contribution is 0.939. The largest absolute Gasteiger partial charge is 0.257 e. The van der Waals surface area contributed by atoms with Gasteiger partial charge in [0, 0.05) is 16.8 Å². The van der Waals surface area contributed by atoms with Crippen LogP contribution in [0.2, 0.25) is 0 Å². The molecule has 0 atom stereocenters. The summed E-state index contributed by atoms with van der Waals surface area (Å²) in [5.41, 5.74) is 4.79. The van der Waals surface area contributed by atoms with Gasteiger partial charge in [0.2, 0.25) is 0 Å². The molecule has 0 aliphatic carbocycles. The number of aromatic nitrogens is 2. The molecule has 0 radical (unpaired) electrons. The molecule has 0 bridgehead atoms. The second kappa shape index (κ2) is 5.47. The molecule has 2 nitrogen and oxygen atoms in total. The SMILES string of the molecule is CCc1cc2cc(CC)nc(CC)c2c(CC)n1. The Labute approximate surface area is 109 Å². The summed E-state index contributed by atoms with van der Waals surface area (Å²) in [5, 5.41) is 2.61. The van der Waals surface area contributed by atoms with E-state index in [0.29, 0.717) is 0 Å². The summed E-state index contributed by atoms with van der Waals surface area (Å²) in [6.07, 6.45) is 3.94. The molecule has 2 heteroatoms. The number of aryl methyl sites for hydroxylation is 4. The van der Waals surface area contributed by atoms with Crippen molar-refractivity contribution in [1.82, 2.24) is 9.97 Å². The number of nitrogens with zero attached hydrogens (tertiary/aromatic N) is 2. The molecule has 0 amide bonds. The van der Waals surface area contributed by atoms with Gasteiger partial charge in [-0.25, -0.2) is 0 Å². The molecule has 0 aliphatic rings. The van der Waals surface area contributed by atoms with Crippen LogP contribution in [0.3, 0.4) is 0 Å². The third-order valence-electron chi connectivity index (χ3n) is 3.46. The Morgan fingerprint density at radius 2 is 1.17 bits per heavy atom. The number of hydrogen-bond acceptors (Lipinski definition) is 2. The van der Waals surface area contributed by atoms with E-state index in [1.54, 1.807) is 0 Å². The highest BCUT2D eigenvalue weighted by Gasteiger charge is 2.10. The van der Waals surface area contributed by atoms with Crippen molar-refractivity contribution in [2.45, 2.75) is 53.4 Å². The first-order chi connectivity index (χ1) is 8.73. The standard InChI is InChI=1S/C16H22N2/c1-5-12-9-11-10-13(6-2)18-15(8-4)16(11)14(7-3)17-12/h9-10H,5-8H2,1-4H3. The van der Waals surface area contributed by atoms with E-state index in [2.05, 4.69) is 39.8 Å². The van der Waals surface area contributed by atoms with E-state index < -0.39 is 0 Å². The van der Waals surface area contributed by atoms with Crippen molar-refractivity contribution in [3.8, 4) is 0 Å². The van der Waals surface area contributed by atoms with Crippen LogP contribution in [-0.4, -0.2) is 9.97 Å². The first kappa shape index (κ1) is 13.0. The van der Waals surface area contributed by atoms with E-state index >= 15 is 0 Å². The van der Waals surface area contributed by atoms with Crippen molar-refractivity contribution >= 4 is 10.8 Å². The highest BCUT2D eigenvalue weighted by atomic mass is 14.7. The molecule has 18 heavy (non-hydrogen) atoms. The van der Waals surface area contributed by atoms with Crippen LogP contribution < -0.4 is 0 Å².